The Morgan fingerprint density at radius 2 is 1.80 bits per heavy atom. The number of guanidine groups is 1. The molecule has 0 aliphatic rings. The van der Waals surface area contributed by atoms with Crippen LogP contribution in [0, 0.1) is 0 Å². The molecule has 1 aromatic heterocycles. The van der Waals surface area contributed by atoms with Crippen LogP contribution in [-0.4, -0.2) is 13.1 Å². The maximum Gasteiger partial charge on any atom is 0.193 e. The molecule has 3 rings (SSSR count). The van der Waals surface area contributed by atoms with E-state index in [1.165, 1.54) is 10.4 Å². The lowest BCUT2D eigenvalue weighted by atomic mass is 10.1. The minimum atomic E-state index is 0. The van der Waals surface area contributed by atoms with E-state index < -0.39 is 0 Å². The molecule has 0 aliphatic carbocycles. The van der Waals surface area contributed by atoms with E-state index in [2.05, 4.69) is 33.9 Å². The van der Waals surface area contributed by atoms with Gasteiger partial charge in [-0.25, -0.2) is 4.99 Å². The number of methoxy groups -OCH3 is 1. The molecule has 25 heavy (non-hydrogen) atoms. The first-order valence-electron chi connectivity index (χ1n) is 7.58. The number of halogens is 1. The topological polar surface area (TPSA) is 59.6 Å². The first-order chi connectivity index (χ1) is 11.7. The molecular weight excluding hydrogens is 445 g/mol. The van der Waals surface area contributed by atoms with E-state index in [4.69, 9.17) is 10.5 Å². The zero-order valence-electron chi connectivity index (χ0n) is 13.8. The molecule has 2 aromatic carbocycles. The van der Waals surface area contributed by atoms with Crippen LogP contribution in [-0.2, 0) is 6.54 Å². The predicted octanol–water partition coefficient (Wildman–Crippen LogP) is 4.97. The summed E-state index contributed by atoms with van der Waals surface area (Å²) < 4.78 is 5.19. The number of hydrogen-bond acceptors (Lipinski definition) is 3. The second kappa shape index (κ2) is 9.43. The van der Waals surface area contributed by atoms with E-state index in [-0.39, 0.29) is 24.0 Å². The number of para-hydroxylation sites is 1. The Kier molecular flexibility index (Phi) is 7.27. The summed E-state index contributed by atoms with van der Waals surface area (Å²) in [7, 11) is 1.67. The third-order valence-corrected chi connectivity index (χ3v) is 4.45. The van der Waals surface area contributed by atoms with Gasteiger partial charge in [-0.05, 0) is 46.8 Å². The number of benzene rings is 2. The SMILES string of the molecule is COc1ccc(-c2csc(CN=C(N)Nc3ccccc3)c2)cc1.I. The average Bonchev–Trinajstić information content (AvgIpc) is 3.10. The summed E-state index contributed by atoms with van der Waals surface area (Å²) in [5.74, 6) is 1.28. The fourth-order valence-corrected chi connectivity index (χ4v) is 3.09. The molecule has 3 N–H and O–H groups in total. The van der Waals surface area contributed by atoms with E-state index in [1.54, 1.807) is 18.4 Å². The second-order valence-corrected chi connectivity index (χ2v) is 6.22. The molecular formula is C19H20IN3OS. The number of thiophene rings is 1. The normalized spacial score (nSPS) is 10.8. The smallest absolute Gasteiger partial charge is 0.193 e. The van der Waals surface area contributed by atoms with Crippen LogP contribution in [0.25, 0.3) is 11.1 Å². The highest BCUT2D eigenvalue weighted by Crippen LogP contribution is 2.27. The monoisotopic (exact) mass is 465 g/mol. The van der Waals surface area contributed by atoms with Crippen molar-refractivity contribution in [1.82, 2.24) is 0 Å². The molecule has 4 nitrogen and oxygen atoms in total. The fourth-order valence-electron chi connectivity index (χ4n) is 2.27. The first kappa shape index (κ1) is 19.3. The van der Waals surface area contributed by atoms with Crippen LogP contribution in [0.5, 0.6) is 5.75 Å². The van der Waals surface area contributed by atoms with Gasteiger partial charge in [0.25, 0.3) is 0 Å². The lowest BCUT2D eigenvalue weighted by molar-refractivity contribution is 0.415. The Hall–Kier alpha value is -2.06. The Morgan fingerprint density at radius 3 is 2.48 bits per heavy atom. The van der Waals surface area contributed by atoms with Gasteiger partial charge < -0.3 is 15.8 Å². The Balaban J connectivity index is 0.00000225. The van der Waals surface area contributed by atoms with Gasteiger partial charge in [0.15, 0.2) is 5.96 Å². The fraction of sp³-hybridized carbons (Fsp3) is 0.105. The molecule has 6 heteroatoms. The van der Waals surface area contributed by atoms with E-state index in [0.29, 0.717) is 12.5 Å². The van der Waals surface area contributed by atoms with Crippen molar-refractivity contribution in [3.63, 3.8) is 0 Å². The van der Waals surface area contributed by atoms with E-state index in [9.17, 15) is 0 Å². The molecule has 0 saturated carbocycles. The van der Waals surface area contributed by atoms with Gasteiger partial charge >= 0.3 is 0 Å². The Labute approximate surface area is 168 Å². The van der Waals surface area contributed by atoms with E-state index in [1.807, 2.05) is 42.5 Å². The minimum Gasteiger partial charge on any atom is -0.497 e. The van der Waals surface area contributed by atoms with E-state index in [0.717, 1.165) is 17.0 Å². The number of aliphatic imine (C=N–C) groups is 1. The number of nitrogens with two attached hydrogens (primary N) is 1. The van der Waals surface area contributed by atoms with Crippen LogP contribution in [0.15, 0.2) is 71.0 Å². The minimum absolute atomic E-state index is 0. The lowest BCUT2D eigenvalue weighted by Gasteiger charge is -2.04. The van der Waals surface area contributed by atoms with Gasteiger partial charge in [0.2, 0.25) is 0 Å². The third kappa shape index (κ3) is 5.47. The van der Waals surface area contributed by atoms with Crippen LogP contribution < -0.4 is 15.8 Å². The van der Waals surface area contributed by atoms with Crippen LogP contribution in [0.3, 0.4) is 0 Å². The van der Waals surface area contributed by atoms with Crippen LogP contribution in [0.1, 0.15) is 4.88 Å². The molecule has 0 radical (unpaired) electrons. The van der Waals surface area contributed by atoms with Gasteiger partial charge in [-0.1, -0.05) is 30.3 Å². The number of hydrogen-bond donors (Lipinski definition) is 2. The zero-order valence-corrected chi connectivity index (χ0v) is 17.0. The van der Waals surface area contributed by atoms with Crippen LogP contribution >= 0.6 is 35.3 Å². The summed E-state index contributed by atoms with van der Waals surface area (Å²) in [5.41, 5.74) is 9.21. The molecule has 0 amide bonds. The lowest BCUT2D eigenvalue weighted by Crippen LogP contribution is -2.22. The largest absolute Gasteiger partial charge is 0.497 e. The highest BCUT2D eigenvalue weighted by Gasteiger charge is 2.03. The highest BCUT2D eigenvalue weighted by molar-refractivity contribution is 14.0. The van der Waals surface area contributed by atoms with Crippen molar-refractivity contribution in [3.05, 3.63) is 70.9 Å². The summed E-state index contributed by atoms with van der Waals surface area (Å²) >= 11 is 1.68. The molecule has 0 unspecified atom stereocenters. The van der Waals surface area contributed by atoms with Gasteiger partial charge in [0.05, 0.1) is 13.7 Å². The van der Waals surface area contributed by atoms with Gasteiger partial charge in [0, 0.05) is 10.6 Å². The number of rotatable bonds is 5. The average molecular weight is 465 g/mol. The summed E-state index contributed by atoms with van der Waals surface area (Å²) in [4.78, 5) is 5.56. The molecule has 0 fully saturated rings. The van der Waals surface area contributed by atoms with Crippen molar-refractivity contribution in [2.24, 2.45) is 10.7 Å². The van der Waals surface area contributed by atoms with Gasteiger partial charge in [-0.2, -0.15) is 0 Å². The molecule has 3 aromatic rings. The zero-order chi connectivity index (χ0) is 16.8. The number of nitrogens with zero attached hydrogens (tertiary/aromatic N) is 1. The maximum absolute atomic E-state index is 5.93. The quantitative estimate of drug-likeness (QED) is 0.318. The Morgan fingerprint density at radius 1 is 1.08 bits per heavy atom. The van der Waals surface area contributed by atoms with Gasteiger partial charge in [-0.3, -0.25) is 0 Å². The molecule has 0 aliphatic heterocycles. The summed E-state index contributed by atoms with van der Waals surface area (Å²) in [6.07, 6.45) is 0. The summed E-state index contributed by atoms with van der Waals surface area (Å²) in [6.45, 7) is 0.562. The summed E-state index contributed by atoms with van der Waals surface area (Å²) in [6, 6.07) is 20.0. The molecule has 0 bridgehead atoms. The number of anilines is 1. The maximum atomic E-state index is 5.93. The van der Waals surface area contributed by atoms with Crippen molar-refractivity contribution >= 4 is 47.0 Å². The van der Waals surface area contributed by atoms with Crippen molar-refractivity contribution in [2.45, 2.75) is 6.54 Å². The predicted molar refractivity (Wildman–Crippen MR) is 117 cm³/mol. The van der Waals surface area contributed by atoms with Crippen LogP contribution in [0.4, 0.5) is 5.69 Å². The molecule has 0 atom stereocenters. The second-order valence-electron chi connectivity index (χ2n) is 5.22. The van der Waals surface area contributed by atoms with Gasteiger partial charge in [-0.15, -0.1) is 35.3 Å². The van der Waals surface area contributed by atoms with E-state index >= 15 is 0 Å². The van der Waals surface area contributed by atoms with Crippen molar-refractivity contribution < 1.29 is 4.74 Å². The molecule has 1 heterocycles. The standard InChI is InChI=1S/C19H19N3OS.HI/c1-23-17-9-7-14(8-10-17)15-11-18(24-13-15)12-21-19(20)22-16-5-3-2-4-6-16;/h2-11,13H,12H2,1H3,(H3,20,21,22);1H. The number of nitrogens with one attached hydrogen (secondary N) is 1. The van der Waals surface area contributed by atoms with Gasteiger partial charge in [0.1, 0.15) is 5.75 Å². The van der Waals surface area contributed by atoms with Crippen molar-refractivity contribution in [3.8, 4) is 16.9 Å². The van der Waals surface area contributed by atoms with Crippen molar-refractivity contribution in [2.75, 3.05) is 12.4 Å². The van der Waals surface area contributed by atoms with Crippen LogP contribution in [0.2, 0.25) is 0 Å². The Bertz CT molecular complexity index is 816. The highest BCUT2D eigenvalue weighted by atomic mass is 127. The number of ether oxygens (including phenoxy) is 1. The van der Waals surface area contributed by atoms with Crippen molar-refractivity contribution in [1.29, 1.82) is 0 Å². The summed E-state index contributed by atoms with van der Waals surface area (Å²) in [5, 5.41) is 5.21. The molecule has 0 spiro atoms. The first-order valence-corrected chi connectivity index (χ1v) is 8.46. The third-order valence-electron chi connectivity index (χ3n) is 3.53. The molecule has 130 valence electrons. The molecule has 0 saturated heterocycles.